The van der Waals surface area contributed by atoms with Gasteiger partial charge in [-0.3, -0.25) is 0 Å². The maximum absolute atomic E-state index is 4.27. The highest BCUT2D eigenvalue weighted by atomic mass is 15.2. The van der Waals surface area contributed by atoms with Crippen LogP contribution in [0.1, 0.15) is 39.8 Å². The van der Waals surface area contributed by atoms with Crippen molar-refractivity contribution in [3.63, 3.8) is 0 Å². The Kier molecular flexibility index (Phi) is 7.10. The normalized spacial score (nSPS) is 13.4. The Morgan fingerprint density at radius 1 is 1.37 bits per heavy atom. The Balaban J connectivity index is 2.40. The number of imidazole rings is 1. The van der Waals surface area contributed by atoms with E-state index < -0.39 is 0 Å². The second kappa shape index (κ2) is 8.33. The molecule has 0 aliphatic carbocycles. The summed E-state index contributed by atoms with van der Waals surface area (Å²) in [5.41, 5.74) is 1.28. The molecule has 19 heavy (non-hydrogen) atoms. The van der Waals surface area contributed by atoms with Gasteiger partial charge in [0.05, 0.1) is 12.0 Å². The second-order valence-electron chi connectivity index (χ2n) is 5.84. The van der Waals surface area contributed by atoms with E-state index in [1.165, 1.54) is 12.1 Å². The zero-order valence-electron chi connectivity index (χ0n) is 13.2. The highest BCUT2D eigenvalue weighted by Gasteiger charge is 2.08. The molecule has 0 radical (unpaired) electrons. The largest absolute Gasteiger partial charge is 0.332 e. The first-order valence-electron chi connectivity index (χ1n) is 7.44. The first-order valence-corrected chi connectivity index (χ1v) is 7.44. The zero-order valence-corrected chi connectivity index (χ0v) is 13.2. The fourth-order valence-electron chi connectivity index (χ4n) is 1.98. The number of aromatic nitrogens is 2. The molecule has 1 aromatic heterocycles. The molecular weight excluding hydrogens is 236 g/mol. The first-order chi connectivity index (χ1) is 9.04. The van der Waals surface area contributed by atoms with Gasteiger partial charge in [0.25, 0.3) is 0 Å². The van der Waals surface area contributed by atoms with E-state index in [1.807, 2.05) is 12.5 Å². The van der Waals surface area contributed by atoms with Crippen molar-refractivity contribution in [1.82, 2.24) is 19.8 Å². The van der Waals surface area contributed by atoms with Crippen LogP contribution in [0.4, 0.5) is 0 Å². The summed E-state index contributed by atoms with van der Waals surface area (Å²) in [5, 5.41) is 3.47. The number of hydrogen-bond acceptors (Lipinski definition) is 3. The molecule has 1 atom stereocenters. The van der Waals surface area contributed by atoms with Crippen molar-refractivity contribution in [2.45, 2.75) is 53.2 Å². The summed E-state index contributed by atoms with van der Waals surface area (Å²) in [6.07, 6.45) is 5.11. The lowest BCUT2D eigenvalue weighted by atomic mass is 10.2. The predicted octanol–water partition coefficient (Wildman–Crippen LogP) is 2.36. The molecule has 0 aliphatic rings. The van der Waals surface area contributed by atoms with Gasteiger partial charge in [-0.15, -0.1) is 0 Å². The quantitative estimate of drug-likeness (QED) is 0.745. The van der Waals surface area contributed by atoms with Crippen LogP contribution < -0.4 is 5.32 Å². The molecule has 0 bridgehead atoms. The van der Waals surface area contributed by atoms with Gasteiger partial charge in [0.15, 0.2) is 0 Å². The molecule has 110 valence electrons. The second-order valence-corrected chi connectivity index (χ2v) is 5.84. The van der Waals surface area contributed by atoms with Crippen molar-refractivity contribution in [1.29, 1.82) is 0 Å². The minimum Gasteiger partial charge on any atom is -0.332 e. The summed E-state index contributed by atoms with van der Waals surface area (Å²) in [5.74, 6) is 0.688. The van der Waals surface area contributed by atoms with Crippen LogP contribution in [0, 0.1) is 5.92 Å². The van der Waals surface area contributed by atoms with Crippen molar-refractivity contribution in [3.8, 4) is 0 Å². The van der Waals surface area contributed by atoms with E-state index in [2.05, 4.69) is 54.5 Å². The Labute approximate surface area is 118 Å². The van der Waals surface area contributed by atoms with Crippen molar-refractivity contribution in [2.24, 2.45) is 5.92 Å². The van der Waals surface area contributed by atoms with Crippen molar-refractivity contribution < 1.29 is 0 Å². The molecule has 0 saturated heterocycles. The molecule has 1 aromatic rings. The topological polar surface area (TPSA) is 33.1 Å². The minimum absolute atomic E-state index is 0.644. The molecule has 1 rings (SSSR count). The van der Waals surface area contributed by atoms with Crippen LogP contribution in [0.5, 0.6) is 0 Å². The molecule has 4 heteroatoms. The third-order valence-electron chi connectivity index (χ3n) is 3.69. The monoisotopic (exact) mass is 266 g/mol. The molecule has 1 N–H and O–H groups in total. The summed E-state index contributed by atoms with van der Waals surface area (Å²) in [6.45, 7) is 13.0. The maximum Gasteiger partial charge on any atom is 0.0949 e. The van der Waals surface area contributed by atoms with Crippen LogP contribution in [0.2, 0.25) is 0 Å². The van der Waals surface area contributed by atoms with Gasteiger partial charge in [-0.1, -0.05) is 20.8 Å². The van der Waals surface area contributed by atoms with E-state index in [9.17, 15) is 0 Å². The van der Waals surface area contributed by atoms with Gasteiger partial charge in [-0.2, -0.15) is 0 Å². The highest BCUT2D eigenvalue weighted by Crippen LogP contribution is 2.03. The summed E-state index contributed by atoms with van der Waals surface area (Å²) >= 11 is 0. The van der Waals surface area contributed by atoms with Crippen molar-refractivity contribution in [2.75, 3.05) is 20.1 Å². The van der Waals surface area contributed by atoms with Gasteiger partial charge in [0.1, 0.15) is 0 Å². The average molecular weight is 266 g/mol. The Hall–Kier alpha value is -0.870. The van der Waals surface area contributed by atoms with Crippen LogP contribution in [0.25, 0.3) is 0 Å². The predicted molar refractivity (Wildman–Crippen MR) is 81.2 cm³/mol. The van der Waals surface area contributed by atoms with Crippen molar-refractivity contribution in [3.05, 3.63) is 18.2 Å². The number of likely N-dealkylation sites (N-methyl/N-ethyl adjacent to an activating group) is 1. The SMILES string of the molecule is CCC(C)N(C)CCn1cncc1CNCC(C)C. The summed E-state index contributed by atoms with van der Waals surface area (Å²) in [7, 11) is 2.20. The van der Waals surface area contributed by atoms with Gasteiger partial charge in [0.2, 0.25) is 0 Å². The van der Waals surface area contributed by atoms with E-state index >= 15 is 0 Å². The molecule has 0 amide bonds. The molecule has 4 nitrogen and oxygen atoms in total. The first kappa shape index (κ1) is 16.2. The van der Waals surface area contributed by atoms with Gasteiger partial charge in [0, 0.05) is 31.9 Å². The van der Waals surface area contributed by atoms with Crippen LogP contribution in [0.15, 0.2) is 12.5 Å². The standard InChI is InChI=1S/C15H30N4/c1-6-14(4)18(5)7-8-19-12-17-11-15(19)10-16-9-13(2)3/h11-14,16H,6-10H2,1-5H3. The van der Waals surface area contributed by atoms with Crippen molar-refractivity contribution >= 4 is 0 Å². The molecule has 1 unspecified atom stereocenters. The third-order valence-corrected chi connectivity index (χ3v) is 3.69. The Morgan fingerprint density at radius 2 is 2.11 bits per heavy atom. The third kappa shape index (κ3) is 5.74. The molecule has 0 aliphatic heterocycles. The number of nitrogens with one attached hydrogen (secondary N) is 1. The summed E-state index contributed by atoms with van der Waals surface area (Å²) in [6, 6.07) is 0.644. The zero-order chi connectivity index (χ0) is 14.3. The lowest BCUT2D eigenvalue weighted by Gasteiger charge is -2.24. The van der Waals surface area contributed by atoms with Gasteiger partial charge in [-0.25, -0.2) is 4.98 Å². The molecule has 0 spiro atoms. The Bertz CT molecular complexity index is 346. The van der Waals surface area contributed by atoms with Crippen LogP contribution >= 0.6 is 0 Å². The van der Waals surface area contributed by atoms with Gasteiger partial charge in [-0.05, 0) is 32.9 Å². The van der Waals surface area contributed by atoms with Gasteiger partial charge >= 0.3 is 0 Å². The minimum atomic E-state index is 0.644. The van der Waals surface area contributed by atoms with Crippen LogP contribution in [0.3, 0.4) is 0 Å². The van der Waals surface area contributed by atoms with E-state index in [1.54, 1.807) is 0 Å². The summed E-state index contributed by atoms with van der Waals surface area (Å²) in [4.78, 5) is 6.68. The fourth-order valence-corrected chi connectivity index (χ4v) is 1.98. The summed E-state index contributed by atoms with van der Waals surface area (Å²) < 4.78 is 2.26. The molecule has 0 saturated carbocycles. The fraction of sp³-hybridized carbons (Fsp3) is 0.800. The number of rotatable bonds is 9. The van der Waals surface area contributed by atoms with E-state index in [0.29, 0.717) is 12.0 Å². The smallest absolute Gasteiger partial charge is 0.0949 e. The average Bonchev–Trinajstić information content (AvgIpc) is 2.82. The number of hydrogen-bond donors (Lipinski definition) is 1. The van der Waals surface area contributed by atoms with Crippen LogP contribution in [-0.2, 0) is 13.1 Å². The molecular formula is C15H30N4. The highest BCUT2D eigenvalue weighted by molar-refractivity contribution is 4.98. The molecule has 1 heterocycles. The maximum atomic E-state index is 4.27. The van der Waals surface area contributed by atoms with E-state index in [4.69, 9.17) is 0 Å². The lowest BCUT2D eigenvalue weighted by Crippen LogP contribution is -2.32. The van der Waals surface area contributed by atoms with E-state index in [-0.39, 0.29) is 0 Å². The molecule has 0 fully saturated rings. The Morgan fingerprint density at radius 3 is 2.74 bits per heavy atom. The van der Waals surface area contributed by atoms with Crippen LogP contribution in [-0.4, -0.2) is 40.6 Å². The number of nitrogens with zero attached hydrogens (tertiary/aromatic N) is 3. The molecule has 0 aromatic carbocycles. The van der Waals surface area contributed by atoms with E-state index in [0.717, 1.165) is 26.2 Å². The lowest BCUT2D eigenvalue weighted by molar-refractivity contribution is 0.241. The van der Waals surface area contributed by atoms with Gasteiger partial charge < -0.3 is 14.8 Å².